The predicted octanol–water partition coefficient (Wildman–Crippen LogP) is -0.431. The predicted molar refractivity (Wildman–Crippen MR) is 44.3 cm³/mol. The lowest BCUT2D eigenvalue weighted by Crippen LogP contribution is -2.37. The summed E-state index contributed by atoms with van der Waals surface area (Å²) < 4.78 is 22.4. The molecule has 0 saturated heterocycles. The molecule has 12 heavy (non-hydrogen) atoms. The molecule has 0 fully saturated rings. The zero-order valence-corrected chi connectivity index (χ0v) is 7.84. The van der Waals surface area contributed by atoms with Crippen molar-refractivity contribution >= 4 is 15.8 Å². The van der Waals surface area contributed by atoms with E-state index < -0.39 is 32.9 Å². The van der Waals surface area contributed by atoms with Crippen molar-refractivity contribution in [3.63, 3.8) is 0 Å². The Hall–Kier alpha value is -0.620. The molecule has 0 bridgehead atoms. The number of carboxylic acid groups (broad SMARTS) is 1. The highest BCUT2D eigenvalue weighted by atomic mass is 32.2. The summed E-state index contributed by atoms with van der Waals surface area (Å²) in [6.45, 7) is 2.94. The fourth-order valence-electron chi connectivity index (χ4n) is 0.638. The molecule has 72 valence electrons. The van der Waals surface area contributed by atoms with Crippen molar-refractivity contribution in [2.45, 2.75) is 30.9 Å². The van der Waals surface area contributed by atoms with Gasteiger partial charge in [-0.1, -0.05) is 0 Å². The minimum atomic E-state index is -3.48. The van der Waals surface area contributed by atoms with Crippen LogP contribution in [0.1, 0.15) is 20.3 Å². The molecular weight excluding hydrogens is 182 g/mol. The smallest absolute Gasteiger partial charge is 0.305 e. The van der Waals surface area contributed by atoms with E-state index in [-0.39, 0.29) is 0 Å². The summed E-state index contributed by atoms with van der Waals surface area (Å²) in [4.78, 5) is 10.1. The molecule has 0 aliphatic rings. The summed E-state index contributed by atoms with van der Waals surface area (Å²) in [5.74, 6) is -1.20. The topological polar surface area (TPSA) is 97.5 Å². The van der Waals surface area contributed by atoms with Crippen molar-refractivity contribution in [1.29, 1.82) is 0 Å². The lowest BCUT2D eigenvalue weighted by molar-refractivity contribution is -0.137. The molecule has 0 aliphatic heterocycles. The first kappa shape index (κ1) is 11.4. The Labute approximate surface area is 71.5 Å². The van der Waals surface area contributed by atoms with Crippen LogP contribution in [0.2, 0.25) is 0 Å². The fourth-order valence-corrected chi connectivity index (χ4v) is 1.71. The summed E-state index contributed by atoms with van der Waals surface area (Å²) >= 11 is 0. The number of hydrogen-bond acceptors (Lipinski definition) is 4. The van der Waals surface area contributed by atoms with E-state index in [2.05, 4.69) is 0 Å². The van der Waals surface area contributed by atoms with E-state index in [1.165, 1.54) is 13.8 Å². The SMILES string of the molecule is CC(C)S(=O)(=O)C(N)CC(=O)O. The van der Waals surface area contributed by atoms with Gasteiger partial charge < -0.3 is 10.8 Å². The van der Waals surface area contributed by atoms with Gasteiger partial charge in [-0.2, -0.15) is 0 Å². The van der Waals surface area contributed by atoms with Crippen LogP contribution in [-0.2, 0) is 14.6 Å². The Morgan fingerprint density at radius 3 is 2.17 bits per heavy atom. The standard InChI is InChI=1S/C6H13NO4S/c1-4(2)12(10,11)5(7)3-6(8)9/h4-5H,3,7H2,1-2H3,(H,8,9). The van der Waals surface area contributed by atoms with Gasteiger partial charge in [0.05, 0.1) is 11.7 Å². The van der Waals surface area contributed by atoms with Crippen molar-refractivity contribution in [2.24, 2.45) is 5.73 Å². The number of aliphatic carboxylic acids is 1. The number of hydrogen-bond donors (Lipinski definition) is 2. The summed E-state index contributed by atoms with van der Waals surface area (Å²) in [6, 6.07) is 0. The van der Waals surface area contributed by atoms with Crippen LogP contribution in [0.3, 0.4) is 0 Å². The van der Waals surface area contributed by atoms with E-state index >= 15 is 0 Å². The Kier molecular flexibility index (Phi) is 3.66. The second kappa shape index (κ2) is 3.86. The number of carbonyl (C=O) groups is 1. The minimum Gasteiger partial charge on any atom is -0.481 e. The zero-order chi connectivity index (χ0) is 9.94. The summed E-state index contributed by atoms with van der Waals surface area (Å²) in [6.07, 6.45) is -0.541. The maximum atomic E-state index is 11.2. The molecule has 0 aliphatic carbocycles. The van der Waals surface area contributed by atoms with Gasteiger partial charge >= 0.3 is 5.97 Å². The first-order valence-electron chi connectivity index (χ1n) is 3.48. The maximum absolute atomic E-state index is 11.2. The van der Waals surface area contributed by atoms with Crippen molar-refractivity contribution in [1.82, 2.24) is 0 Å². The third kappa shape index (κ3) is 2.78. The number of carboxylic acids is 1. The van der Waals surface area contributed by atoms with Gasteiger partial charge in [0.2, 0.25) is 0 Å². The van der Waals surface area contributed by atoms with Gasteiger partial charge in [-0.25, -0.2) is 8.42 Å². The highest BCUT2D eigenvalue weighted by Gasteiger charge is 2.26. The fraction of sp³-hybridized carbons (Fsp3) is 0.833. The molecule has 0 aromatic heterocycles. The lowest BCUT2D eigenvalue weighted by Gasteiger charge is -2.13. The van der Waals surface area contributed by atoms with Crippen LogP contribution in [-0.4, -0.2) is 30.1 Å². The second-order valence-electron chi connectivity index (χ2n) is 2.77. The van der Waals surface area contributed by atoms with Crippen LogP contribution in [0.4, 0.5) is 0 Å². The normalized spacial score (nSPS) is 14.7. The van der Waals surface area contributed by atoms with Crippen LogP contribution in [0, 0.1) is 0 Å². The highest BCUT2D eigenvalue weighted by Crippen LogP contribution is 2.07. The molecule has 0 heterocycles. The van der Waals surface area contributed by atoms with Crippen LogP contribution in [0.5, 0.6) is 0 Å². The Morgan fingerprint density at radius 2 is 1.92 bits per heavy atom. The lowest BCUT2D eigenvalue weighted by atomic mass is 10.4. The van der Waals surface area contributed by atoms with Crippen LogP contribution in [0.15, 0.2) is 0 Å². The average Bonchev–Trinajstić information content (AvgIpc) is 1.85. The molecule has 0 spiro atoms. The van der Waals surface area contributed by atoms with E-state index in [1.54, 1.807) is 0 Å². The minimum absolute atomic E-state index is 0.541. The number of sulfone groups is 1. The van der Waals surface area contributed by atoms with Gasteiger partial charge in [-0.05, 0) is 13.8 Å². The van der Waals surface area contributed by atoms with Crippen LogP contribution in [0.25, 0.3) is 0 Å². The number of rotatable bonds is 4. The summed E-state index contributed by atoms with van der Waals surface area (Å²) in [7, 11) is -3.48. The molecule has 1 unspecified atom stereocenters. The van der Waals surface area contributed by atoms with Crippen molar-refractivity contribution < 1.29 is 18.3 Å². The monoisotopic (exact) mass is 195 g/mol. The van der Waals surface area contributed by atoms with Crippen molar-refractivity contribution in [3.8, 4) is 0 Å². The van der Waals surface area contributed by atoms with E-state index in [0.717, 1.165) is 0 Å². The quantitative estimate of drug-likeness (QED) is 0.634. The maximum Gasteiger partial charge on any atom is 0.305 e. The molecule has 0 amide bonds. The van der Waals surface area contributed by atoms with Crippen LogP contribution >= 0.6 is 0 Å². The van der Waals surface area contributed by atoms with Crippen molar-refractivity contribution in [3.05, 3.63) is 0 Å². The highest BCUT2D eigenvalue weighted by molar-refractivity contribution is 7.92. The largest absolute Gasteiger partial charge is 0.481 e. The molecule has 0 aromatic carbocycles. The zero-order valence-electron chi connectivity index (χ0n) is 7.02. The number of nitrogens with two attached hydrogens (primary N) is 1. The Balaban J connectivity index is 4.48. The molecule has 0 rings (SSSR count). The first-order chi connectivity index (χ1) is 5.28. The summed E-state index contributed by atoms with van der Waals surface area (Å²) in [5.41, 5.74) is 5.18. The molecule has 0 radical (unpaired) electrons. The molecule has 3 N–H and O–H groups in total. The molecule has 0 aromatic rings. The molecule has 6 heteroatoms. The summed E-state index contributed by atoms with van der Waals surface area (Å²) in [5, 5.41) is 6.36. The van der Waals surface area contributed by atoms with E-state index in [9.17, 15) is 13.2 Å². The van der Waals surface area contributed by atoms with E-state index in [1.807, 2.05) is 0 Å². The molecular formula is C6H13NO4S. The Morgan fingerprint density at radius 1 is 1.50 bits per heavy atom. The molecule has 0 saturated carbocycles. The van der Waals surface area contributed by atoms with Gasteiger partial charge in [-0.3, -0.25) is 4.79 Å². The third-order valence-corrected chi connectivity index (χ3v) is 3.78. The molecule has 5 nitrogen and oxygen atoms in total. The van der Waals surface area contributed by atoms with Crippen molar-refractivity contribution in [2.75, 3.05) is 0 Å². The Bertz CT molecular complexity index is 257. The van der Waals surface area contributed by atoms with E-state index in [4.69, 9.17) is 10.8 Å². The van der Waals surface area contributed by atoms with Gasteiger partial charge in [0.15, 0.2) is 9.84 Å². The molecule has 1 atom stereocenters. The van der Waals surface area contributed by atoms with Gasteiger partial charge in [0.25, 0.3) is 0 Å². The third-order valence-electron chi connectivity index (χ3n) is 1.45. The van der Waals surface area contributed by atoms with E-state index in [0.29, 0.717) is 0 Å². The second-order valence-corrected chi connectivity index (χ2v) is 5.50. The average molecular weight is 195 g/mol. The van der Waals surface area contributed by atoms with Gasteiger partial charge in [0, 0.05) is 0 Å². The van der Waals surface area contributed by atoms with Gasteiger partial charge in [0.1, 0.15) is 5.37 Å². The van der Waals surface area contributed by atoms with Crippen LogP contribution < -0.4 is 5.73 Å². The van der Waals surface area contributed by atoms with Gasteiger partial charge in [-0.15, -0.1) is 0 Å². The first-order valence-corrected chi connectivity index (χ1v) is 5.09.